The Kier molecular flexibility index (Phi) is 8.48. The summed E-state index contributed by atoms with van der Waals surface area (Å²) in [5.74, 6) is 1.69. The van der Waals surface area contributed by atoms with Crippen LogP contribution in [0.2, 0.25) is 0 Å². The fourth-order valence-corrected chi connectivity index (χ4v) is 3.42. The van der Waals surface area contributed by atoms with E-state index in [0.29, 0.717) is 0 Å². The largest absolute Gasteiger partial charge is 0.457 e. The highest BCUT2D eigenvalue weighted by atomic mass is 32.2. The lowest BCUT2D eigenvalue weighted by molar-refractivity contribution is 0.444. The van der Waals surface area contributed by atoms with Gasteiger partial charge in [-0.2, -0.15) is 0 Å². The maximum atomic E-state index is 5.75. The van der Waals surface area contributed by atoms with Gasteiger partial charge in [0.1, 0.15) is 11.5 Å². The van der Waals surface area contributed by atoms with E-state index in [2.05, 4.69) is 40.5 Å². The molecule has 4 rings (SSSR count). The van der Waals surface area contributed by atoms with Crippen molar-refractivity contribution < 1.29 is 4.74 Å². The molecule has 0 fully saturated rings. The molecule has 1 aromatic carbocycles. The molecular weight excluding hydrogens is 412 g/mol. The van der Waals surface area contributed by atoms with Gasteiger partial charge in [0, 0.05) is 16.8 Å². The van der Waals surface area contributed by atoms with Crippen molar-refractivity contribution in [2.45, 2.75) is 32.9 Å². The standard InChI is InChI=1S/C15H14O.C13H12N2S/c1-12-7-9-14(10-8-12)16-15-6-4-3-5-13(2)11-15;1-10-4-3-5-12(7-6-10)16-13-14-9-8-11(2)15-13/h4-11H,1-2H3;4-9H,1-2H3. The first-order valence-corrected chi connectivity index (χ1v) is 11.1. The summed E-state index contributed by atoms with van der Waals surface area (Å²) in [5, 5.41) is 0.775. The maximum Gasteiger partial charge on any atom is 0.192 e. The van der Waals surface area contributed by atoms with Crippen LogP contribution in [0.25, 0.3) is 0 Å². The zero-order valence-corrected chi connectivity index (χ0v) is 19.6. The van der Waals surface area contributed by atoms with Crippen LogP contribution in [-0.4, -0.2) is 9.97 Å². The van der Waals surface area contributed by atoms with Crippen LogP contribution in [-0.2, 0) is 0 Å². The molecule has 4 heteroatoms. The molecule has 0 radical (unpaired) electrons. The van der Waals surface area contributed by atoms with Crippen LogP contribution in [0.3, 0.4) is 0 Å². The van der Waals surface area contributed by atoms with Gasteiger partial charge in [-0.3, -0.25) is 0 Å². The molecule has 160 valence electrons. The molecule has 2 aromatic rings. The number of nitrogens with zero attached hydrogens (tertiary/aromatic N) is 2. The molecule has 0 atom stereocenters. The molecule has 32 heavy (non-hydrogen) atoms. The second-order valence-electron chi connectivity index (χ2n) is 7.37. The summed E-state index contributed by atoms with van der Waals surface area (Å²) in [6.07, 6.45) is 17.5. The lowest BCUT2D eigenvalue weighted by Gasteiger charge is -2.06. The fraction of sp³-hybridized carbons (Fsp3) is 0.143. The van der Waals surface area contributed by atoms with E-state index in [-0.39, 0.29) is 0 Å². The molecule has 2 aliphatic carbocycles. The smallest absolute Gasteiger partial charge is 0.192 e. The first kappa shape index (κ1) is 23.1. The van der Waals surface area contributed by atoms with Crippen molar-refractivity contribution in [1.82, 2.24) is 9.97 Å². The van der Waals surface area contributed by atoms with Gasteiger partial charge in [-0.25, -0.2) is 9.97 Å². The van der Waals surface area contributed by atoms with E-state index >= 15 is 0 Å². The summed E-state index contributed by atoms with van der Waals surface area (Å²) >= 11 is 1.55. The highest BCUT2D eigenvalue weighted by molar-refractivity contribution is 8.03. The second kappa shape index (κ2) is 11.7. The minimum atomic E-state index is 0.775. The van der Waals surface area contributed by atoms with Crippen LogP contribution in [0.4, 0.5) is 0 Å². The Morgan fingerprint density at radius 3 is 2.38 bits per heavy atom. The third-order valence-corrected chi connectivity index (χ3v) is 5.18. The van der Waals surface area contributed by atoms with E-state index in [1.54, 1.807) is 18.0 Å². The number of ether oxygens (including phenoxy) is 1. The molecule has 0 saturated carbocycles. The topological polar surface area (TPSA) is 35.0 Å². The van der Waals surface area contributed by atoms with Gasteiger partial charge < -0.3 is 4.74 Å². The van der Waals surface area contributed by atoms with Gasteiger partial charge in [-0.1, -0.05) is 23.8 Å². The highest BCUT2D eigenvalue weighted by Crippen LogP contribution is 2.25. The van der Waals surface area contributed by atoms with Gasteiger partial charge >= 0.3 is 0 Å². The lowest BCUT2D eigenvalue weighted by atomic mass is 10.2. The zero-order chi connectivity index (χ0) is 22.8. The Labute approximate surface area is 194 Å². The molecule has 0 bridgehead atoms. The van der Waals surface area contributed by atoms with Crippen LogP contribution in [0, 0.1) is 13.8 Å². The lowest BCUT2D eigenvalue weighted by Crippen LogP contribution is -1.92. The summed E-state index contributed by atoms with van der Waals surface area (Å²) < 4.78 is 5.75. The van der Waals surface area contributed by atoms with E-state index in [1.807, 2.05) is 87.6 Å². The normalized spacial score (nSPS) is 14.2. The molecule has 1 heterocycles. The number of allylic oxidation sites excluding steroid dienone is 8. The van der Waals surface area contributed by atoms with Gasteiger partial charge in [0.05, 0.1) is 0 Å². The van der Waals surface area contributed by atoms with E-state index in [9.17, 15) is 0 Å². The number of thioether (sulfide) groups is 1. The van der Waals surface area contributed by atoms with Crippen molar-refractivity contribution >= 4 is 11.8 Å². The molecule has 0 amide bonds. The number of hydrogen-bond donors (Lipinski definition) is 0. The number of rotatable bonds is 4. The van der Waals surface area contributed by atoms with E-state index in [1.165, 1.54) is 11.1 Å². The van der Waals surface area contributed by atoms with E-state index in [4.69, 9.17) is 4.74 Å². The van der Waals surface area contributed by atoms with Gasteiger partial charge in [0.25, 0.3) is 0 Å². The number of aromatic nitrogens is 2. The quantitative estimate of drug-likeness (QED) is 0.369. The Bertz CT molecular complexity index is 1210. The van der Waals surface area contributed by atoms with Crippen LogP contribution < -0.4 is 4.74 Å². The van der Waals surface area contributed by atoms with E-state index in [0.717, 1.165) is 32.8 Å². The molecule has 2 aliphatic rings. The van der Waals surface area contributed by atoms with E-state index < -0.39 is 0 Å². The second-order valence-corrected chi connectivity index (χ2v) is 8.41. The predicted molar refractivity (Wildman–Crippen MR) is 133 cm³/mol. The monoisotopic (exact) mass is 438 g/mol. The third-order valence-electron chi connectivity index (χ3n) is 4.31. The van der Waals surface area contributed by atoms with Crippen molar-refractivity contribution in [2.24, 2.45) is 0 Å². The maximum absolute atomic E-state index is 5.75. The van der Waals surface area contributed by atoms with Crippen molar-refractivity contribution in [1.29, 1.82) is 0 Å². The van der Waals surface area contributed by atoms with Gasteiger partial charge in [0.15, 0.2) is 5.16 Å². The molecule has 0 saturated heterocycles. The molecular formula is C28H26N2OS. The third kappa shape index (κ3) is 7.94. The van der Waals surface area contributed by atoms with Gasteiger partial charge in [0.2, 0.25) is 0 Å². The summed E-state index contributed by atoms with van der Waals surface area (Å²) in [5.41, 5.74) is 10.7. The molecule has 0 unspecified atom stereocenters. The average molecular weight is 439 g/mol. The molecule has 0 N–H and O–H groups in total. The van der Waals surface area contributed by atoms with Crippen molar-refractivity contribution in [3.8, 4) is 5.75 Å². The van der Waals surface area contributed by atoms with Crippen LogP contribution >= 0.6 is 11.8 Å². The average Bonchev–Trinajstić information content (AvgIpc) is 3.10. The Morgan fingerprint density at radius 1 is 0.812 bits per heavy atom. The number of benzene rings is 1. The number of hydrogen-bond acceptors (Lipinski definition) is 4. The fourth-order valence-electron chi connectivity index (χ4n) is 2.64. The Hall–Kier alpha value is -3.55. The van der Waals surface area contributed by atoms with Crippen molar-refractivity contribution in [3.63, 3.8) is 0 Å². The Morgan fingerprint density at radius 2 is 1.59 bits per heavy atom. The summed E-state index contributed by atoms with van der Waals surface area (Å²) in [6.45, 7) is 8.10. The van der Waals surface area contributed by atoms with Gasteiger partial charge in [-0.05, 0) is 111 Å². The SMILES string of the molecule is CC1=CC(Oc2ccc(C)cc2)=CC=C=C1.CC1=CC=C(Sc2nccc(C)n2)C=C=C1. The summed E-state index contributed by atoms with van der Waals surface area (Å²) in [6, 6.07) is 9.92. The predicted octanol–water partition coefficient (Wildman–Crippen LogP) is 7.36. The zero-order valence-electron chi connectivity index (χ0n) is 18.8. The number of aryl methyl sites for hydroxylation is 2. The summed E-state index contributed by atoms with van der Waals surface area (Å²) in [4.78, 5) is 9.66. The molecule has 0 spiro atoms. The van der Waals surface area contributed by atoms with Gasteiger partial charge in [-0.15, -0.1) is 11.5 Å². The summed E-state index contributed by atoms with van der Waals surface area (Å²) in [7, 11) is 0. The van der Waals surface area contributed by atoms with Crippen molar-refractivity contribution in [2.75, 3.05) is 0 Å². The highest BCUT2D eigenvalue weighted by Gasteiger charge is 2.01. The minimum Gasteiger partial charge on any atom is -0.457 e. The first-order chi connectivity index (χ1) is 15.5. The minimum absolute atomic E-state index is 0.775. The molecule has 0 aliphatic heterocycles. The van der Waals surface area contributed by atoms with Crippen LogP contribution in [0.5, 0.6) is 5.75 Å². The molecule has 1 aromatic heterocycles. The van der Waals surface area contributed by atoms with Crippen LogP contribution in [0.1, 0.15) is 25.1 Å². The first-order valence-electron chi connectivity index (χ1n) is 10.3. The van der Waals surface area contributed by atoms with Crippen molar-refractivity contribution in [3.05, 3.63) is 130 Å². The molecule has 3 nitrogen and oxygen atoms in total. The van der Waals surface area contributed by atoms with Crippen LogP contribution in [0.15, 0.2) is 124 Å². The Balaban J connectivity index is 0.000000181.